The normalized spacial score (nSPS) is 9.96. The maximum Gasteiger partial charge on any atom is 0.333 e. The first kappa shape index (κ1) is 21.8. The fraction of sp³-hybridized carbons (Fsp3) is 0.500. The zero-order valence-electron chi connectivity index (χ0n) is 12.7. The van der Waals surface area contributed by atoms with Gasteiger partial charge in [-0.05, 0) is 0 Å². The maximum absolute atomic E-state index is 11.4. The van der Waals surface area contributed by atoms with Crippen molar-refractivity contribution in [3.8, 4) is 0 Å². The van der Waals surface area contributed by atoms with Gasteiger partial charge < -0.3 is 29.8 Å². The molecule has 13 heteroatoms. The van der Waals surface area contributed by atoms with Crippen molar-refractivity contribution in [3.63, 3.8) is 0 Å². The highest BCUT2D eigenvalue weighted by atomic mass is 17.2. The average molecular weight is 365 g/mol. The van der Waals surface area contributed by atoms with Gasteiger partial charge in [-0.25, -0.2) is 0 Å². The molecule has 0 saturated heterocycles. The Labute approximate surface area is 139 Å². The minimum absolute atomic E-state index is 0.321. The molecule has 140 valence electrons. The first-order valence-corrected chi connectivity index (χ1v) is 6.68. The van der Waals surface area contributed by atoms with Crippen LogP contribution >= 0.6 is 0 Å². The zero-order valence-corrected chi connectivity index (χ0v) is 12.7. The zero-order chi connectivity index (χ0) is 19.4. The molecular weight excluding hydrogens is 350 g/mol. The van der Waals surface area contributed by atoms with Crippen LogP contribution in [0.2, 0.25) is 0 Å². The second kappa shape index (κ2) is 11.3. The molecule has 3 N–H and O–H groups in total. The van der Waals surface area contributed by atoms with Crippen molar-refractivity contribution >= 4 is 35.8 Å². The number of carbonyl (C=O) groups excluding carboxylic acids is 3. The monoisotopic (exact) mass is 365 g/mol. The standard InChI is InChI=1S/C12H15NO12/c14-7(15)1-4-10(20)23-13(24-11(21)5-2-8(16)17)25-12(22)6-3-9(18)19/h1-6H2,(H,14,15)(H,16,17)(H,18,19). The van der Waals surface area contributed by atoms with Gasteiger partial charge in [0.15, 0.2) is 0 Å². The molecular formula is C12H15NO12. The van der Waals surface area contributed by atoms with Crippen LogP contribution in [0.4, 0.5) is 0 Å². The van der Waals surface area contributed by atoms with Gasteiger partial charge >= 0.3 is 35.8 Å². The summed E-state index contributed by atoms with van der Waals surface area (Å²) < 4.78 is 0. The number of carboxylic acids is 3. The number of carboxylic acid groups (broad SMARTS) is 3. The molecule has 0 radical (unpaired) electrons. The lowest BCUT2D eigenvalue weighted by Crippen LogP contribution is -2.33. The van der Waals surface area contributed by atoms with Crippen LogP contribution < -0.4 is 0 Å². The minimum Gasteiger partial charge on any atom is -0.481 e. The van der Waals surface area contributed by atoms with Gasteiger partial charge in [0.1, 0.15) is 0 Å². The summed E-state index contributed by atoms with van der Waals surface area (Å²) in [5, 5.41) is 25.0. The Morgan fingerprint density at radius 2 is 0.760 bits per heavy atom. The molecule has 25 heavy (non-hydrogen) atoms. The van der Waals surface area contributed by atoms with Crippen LogP contribution in [-0.2, 0) is 43.3 Å². The van der Waals surface area contributed by atoms with Crippen molar-refractivity contribution in [2.45, 2.75) is 38.5 Å². The van der Waals surface area contributed by atoms with Crippen molar-refractivity contribution in [2.75, 3.05) is 0 Å². The number of hydrogen-bond donors (Lipinski definition) is 3. The van der Waals surface area contributed by atoms with E-state index in [0.717, 1.165) is 0 Å². The van der Waals surface area contributed by atoms with Crippen LogP contribution in [-0.4, -0.2) is 56.5 Å². The van der Waals surface area contributed by atoms with Crippen LogP contribution in [0.15, 0.2) is 0 Å². The number of nitrogens with zero attached hydrogens (tertiary/aromatic N) is 1. The van der Waals surface area contributed by atoms with E-state index in [1.165, 1.54) is 0 Å². The van der Waals surface area contributed by atoms with Crippen LogP contribution in [0, 0.1) is 0 Å². The molecule has 0 aliphatic carbocycles. The third kappa shape index (κ3) is 13.0. The van der Waals surface area contributed by atoms with Crippen molar-refractivity contribution in [1.82, 2.24) is 5.39 Å². The highest BCUT2D eigenvalue weighted by molar-refractivity contribution is 5.78. The summed E-state index contributed by atoms with van der Waals surface area (Å²) in [5.74, 6) is -7.67. The predicted molar refractivity (Wildman–Crippen MR) is 70.7 cm³/mol. The van der Waals surface area contributed by atoms with Crippen LogP contribution in [0.3, 0.4) is 0 Å². The van der Waals surface area contributed by atoms with Crippen molar-refractivity contribution < 1.29 is 58.6 Å². The summed E-state index contributed by atoms with van der Waals surface area (Å²) >= 11 is 0. The summed E-state index contributed by atoms with van der Waals surface area (Å²) in [6.45, 7) is 0. The highest BCUT2D eigenvalue weighted by Gasteiger charge is 2.23. The second-order valence-corrected chi connectivity index (χ2v) is 4.29. The van der Waals surface area contributed by atoms with E-state index in [4.69, 9.17) is 15.3 Å². The van der Waals surface area contributed by atoms with Crippen LogP contribution in [0.5, 0.6) is 0 Å². The van der Waals surface area contributed by atoms with Gasteiger partial charge in [-0.2, -0.15) is 0 Å². The van der Waals surface area contributed by atoms with Gasteiger partial charge in [-0.1, -0.05) is 0 Å². The second-order valence-electron chi connectivity index (χ2n) is 4.29. The van der Waals surface area contributed by atoms with Gasteiger partial charge in [0.2, 0.25) is 5.39 Å². The molecule has 0 amide bonds. The first-order valence-electron chi connectivity index (χ1n) is 6.68. The van der Waals surface area contributed by atoms with Crippen LogP contribution in [0.25, 0.3) is 0 Å². The smallest absolute Gasteiger partial charge is 0.333 e. The summed E-state index contributed by atoms with van der Waals surface area (Å²) in [6.07, 6.45) is -3.80. The van der Waals surface area contributed by atoms with Gasteiger partial charge in [0.05, 0.1) is 38.5 Å². The number of rotatable bonds is 12. The van der Waals surface area contributed by atoms with E-state index in [-0.39, 0.29) is 5.39 Å². The van der Waals surface area contributed by atoms with E-state index in [0.29, 0.717) is 0 Å². The van der Waals surface area contributed by atoms with E-state index in [2.05, 4.69) is 14.5 Å². The fourth-order valence-corrected chi connectivity index (χ4v) is 1.07. The molecule has 0 unspecified atom stereocenters. The third-order valence-electron chi connectivity index (χ3n) is 2.16. The molecule has 0 aromatic rings. The van der Waals surface area contributed by atoms with E-state index in [1.54, 1.807) is 0 Å². The summed E-state index contributed by atoms with van der Waals surface area (Å²) in [4.78, 5) is 78.0. The largest absolute Gasteiger partial charge is 0.481 e. The Kier molecular flexibility index (Phi) is 9.88. The highest BCUT2D eigenvalue weighted by Crippen LogP contribution is 2.05. The van der Waals surface area contributed by atoms with E-state index in [1.807, 2.05) is 0 Å². The molecule has 0 aliphatic heterocycles. The van der Waals surface area contributed by atoms with E-state index in [9.17, 15) is 28.8 Å². The SMILES string of the molecule is O=C(O)CCC(=O)ON(OC(=O)CCC(=O)O)OC(=O)CCC(=O)O. The summed E-state index contributed by atoms with van der Waals surface area (Å²) in [5.41, 5.74) is 0. The number of aliphatic carboxylic acids is 3. The molecule has 0 saturated carbocycles. The Morgan fingerprint density at radius 1 is 0.520 bits per heavy atom. The molecule has 0 heterocycles. The topological polar surface area (TPSA) is 194 Å². The molecule has 0 rings (SSSR count). The fourth-order valence-electron chi connectivity index (χ4n) is 1.07. The summed E-state index contributed by atoms with van der Waals surface area (Å²) in [7, 11) is 0. The number of hydrogen-bond acceptors (Lipinski definition) is 10. The first-order chi connectivity index (χ1) is 11.6. The lowest BCUT2D eigenvalue weighted by Gasteiger charge is -2.16. The molecule has 13 nitrogen and oxygen atoms in total. The van der Waals surface area contributed by atoms with E-state index < -0.39 is 74.3 Å². The Morgan fingerprint density at radius 3 is 0.960 bits per heavy atom. The average Bonchev–Trinajstić information content (AvgIpc) is 2.48. The molecule has 0 atom stereocenters. The molecule has 0 fully saturated rings. The van der Waals surface area contributed by atoms with Crippen molar-refractivity contribution in [2.24, 2.45) is 0 Å². The number of carbonyl (C=O) groups is 6. The Balaban J connectivity index is 4.67. The lowest BCUT2D eigenvalue weighted by molar-refractivity contribution is -0.464. The minimum atomic E-state index is -1.32. The van der Waals surface area contributed by atoms with Crippen molar-refractivity contribution in [3.05, 3.63) is 0 Å². The van der Waals surface area contributed by atoms with Gasteiger partial charge in [0.25, 0.3) is 0 Å². The van der Waals surface area contributed by atoms with Gasteiger partial charge in [-0.15, -0.1) is 0 Å². The van der Waals surface area contributed by atoms with Crippen molar-refractivity contribution in [1.29, 1.82) is 0 Å². The Bertz CT molecular complexity index is 466. The molecule has 0 aliphatic rings. The quantitative estimate of drug-likeness (QED) is 0.366. The molecule has 0 bridgehead atoms. The predicted octanol–water partition coefficient (Wildman–Crippen LogP) is -0.743. The maximum atomic E-state index is 11.4. The van der Waals surface area contributed by atoms with Crippen LogP contribution in [0.1, 0.15) is 38.5 Å². The third-order valence-corrected chi connectivity index (χ3v) is 2.16. The Hall–Kier alpha value is -3.22. The molecule has 0 spiro atoms. The van der Waals surface area contributed by atoms with Gasteiger partial charge in [-0.3, -0.25) is 28.8 Å². The summed E-state index contributed by atoms with van der Waals surface area (Å²) in [6, 6.07) is 0. The lowest BCUT2D eigenvalue weighted by atomic mass is 10.3. The van der Waals surface area contributed by atoms with Gasteiger partial charge in [0, 0.05) is 0 Å². The van der Waals surface area contributed by atoms with E-state index >= 15 is 0 Å². The molecule has 0 aromatic carbocycles. The molecule has 0 aromatic heterocycles.